The van der Waals surface area contributed by atoms with Gasteiger partial charge in [-0.1, -0.05) is 28.1 Å². The van der Waals surface area contributed by atoms with Gasteiger partial charge in [-0.3, -0.25) is 0 Å². The van der Waals surface area contributed by atoms with Gasteiger partial charge in [0.05, 0.1) is 12.7 Å². The average molecular weight is 244 g/mol. The van der Waals surface area contributed by atoms with Crippen LogP contribution < -0.4 is 5.73 Å². The number of benzene rings is 1. The Balaban J connectivity index is 2.55. The maximum atomic E-state index is 5.48. The summed E-state index contributed by atoms with van der Waals surface area (Å²) in [5.74, 6) is 0. The van der Waals surface area contributed by atoms with Crippen molar-refractivity contribution in [1.82, 2.24) is 0 Å². The average Bonchev–Trinajstić information content (AvgIpc) is 2.15. The SMILES string of the molecule is CC(OCCN)c1ccc(Br)cc1. The van der Waals surface area contributed by atoms with Gasteiger partial charge in [0.1, 0.15) is 0 Å². The van der Waals surface area contributed by atoms with E-state index in [1.165, 1.54) is 5.56 Å². The molecule has 0 aromatic heterocycles. The van der Waals surface area contributed by atoms with E-state index in [0.717, 1.165) is 4.47 Å². The van der Waals surface area contributed by atoms with E-state index in [2.05, 4.69) is 15.9 Å². The number of nitrogens with two attached hydrogens (primary N) is 1. The molecule has 2 N–H and O–H groups in total. The summed E-state index contributed by atoms with van der Waals surface area (Å²) >= 11 is 3.39. The van der Waals surface area contributed by atoms with Gasteiger partial charge in [-0.25, -0.2) is 0 Å². The van der Waals surface area contributed by atoms with Crippen molar-refractivity contribution in [1.29, 1.82) is 0 Å². The summed E-state index contributed by atoms with van der Waals surface area (Å²) in [5, 5.41) is 0. The summed E-state index contributed by atoms with van der Waals surface area (Å²) in [6.45, 7) is 3.21. The third-order valence-electron chi connectivity index (χ3n) is 1.83. The highest BCUT2D eigenvalue weighted by Gasteiger charge is 2.03. The summed E-state index contributed by atoms with van der Waals surface area (Å²) in [5.41, 5.74) is 6.52. The van der Waals surface area contributed by atoms with Gasteiger partial charge in [-0.05, 0) is 24.6 Å². The molecule has 2 nitrogen and oxygen atoms in total. The molecule has 1 atom stereocenters. The lowest BCUT2D eigenvalue weighted by Gasteiger charge is -2.12. The van der Waals surface area contributed by atoms with Crippen LogP contribution in [0.3, 0.4) is 0 Å². The molecule has 13 heavy (non-hydrogen) atoms. The van der Waals surface area contributed by atoms with Gasteiger partial charge in [0, 0.05) is 11.0 Å². The second-order valence-electron chi connectivity index (χ2n) is 2.85. The van der Waals surface area contributed by atoms with Gasteiger partial charge >= 0.3 is 0 Å². The van der Waals surface area contributed by atoms with E-state index in [1.807, 2.05) is 31.2 Å². The van der Waals surface area contributed by atoms with Crippen LogP contribution >= 0.6 is 15.9 Å². The first kappa shape index (κ1) is 10.7. The number of hydrogen-bond donors (Lipinski definition) is 1. The fourth-order valence-corrected chi connectivity index (χ4v) is 1.34. The lowest BCUT2D eigenvalue weighted by Crippen LogP contribution is -2.10. The molecule has 1 rings (SSSR count). The van der Waals surface area contributed by atoms with Crippen molar-refractivity contribution in [3.05, 3.63) is 34.3 Å². The Morgan fingerprint density at radius 3 is 2.54 bits per heavy atom. The van der Waals surface area contributed by atoms with Crippen molar-refractivity contribution >= 4 is 15.9 Å². The Kier molecular flexibility index (Phi) is 4.42. The fraction of sp³-hybridized carbons (Fsp3) is 0.400. The van der Waals surface area contributed by atoms with Crippen molar-refractivity contribution in [2.75, 3.05) is 13.2 Å². The second-order valence-corrected chi connectivity index (χ2v) is 3.77. The Morgan fingerprint density at radius 1 is 1.38 bits per heavy atom. The Hall–Kier alpha value is -0.380. The normalized spacial score (nSPS) is 12.8. The highest BCUT2D eigenvalue weighted by Crippen LogP contribution is 2.18. The van der Waals surface area contributed by atoms with Gasteiger partial charge in [-0.2, -0.15) is 0 Å². The molecule has 0 bridgehead atoms. The molecule has 0 saturated heterocycles. The molecule has 0 radical (unpaired) electrons. The van der Waals surface area contributed by atoms with E-state index < -0.39 is 0 Å². The number of halogens is 1. The van der Waals surface area contributed by atoms with Crippen LogP contribution in [-0.2, 0) is 4.74 Å². The molecule has 0 aliphatic heterocycles. The van der Waals surface area contributed by atoms with E-state index >= 15 is 0 Å². The predicted molar refractivity (Wildman–Crippen MR) is 57.6 cm³/mol. The lowest BCUT2D eigenvalue weighted by atomic mass is 10.1. The number of hydrogen-bond acceptors (Lipinski definition) is 2. The van der Waals surface area contributed by atoms with Crippen LogP contribution in [0.2, 0.25) is 0 Å². The van der Waals surface area contributed by atoms with Crippen LogP contribution in [-0.4, -0.2) is 13.2 Å². The zero-order chi connectivity index (χ0) is 9.68. The van der Waals surface area contributed by atoms with E-state index in [1.54, 1.807) is 0 Å². The van der Waals surface area contributed by atoms with Crippen molar-refractivity contribution in [3.8, 4) is 0 Å². The van der Waals surface area contributed by atoms with Crippen molar-refractivity contribution in [3.63, 3.8) is 0 Å². The molecule has 0 aliphatic rings. The minimum atomic E-state index is 0.122. The quantitative estimate of drug-likeness (QED) is 0.883. The Morgan fingerprint density at radius 2 is 2.00 bits per heavy atom. The summed E-state index contributed by atoms with van der Waals surface area (Å²) in [6.07, 6.45) is 0.122. The standard InChI is InChI=1S/C10H14BrNO/c1-8(13-7-6-12)9-2-4-10(11)5-3-9/h2-5,8H,6-7,12H2,1H3. The van der Waals surface area contributed by atoms with Crippen LogP contribution in [0.5, 0.6) is 0 Å². The van der Waals surface area contributed by atoms with Gasteiger partial charge in [-0.15, -0.1) is 0 Å². The molecular weight excluding hydrogens is 230 g/mol. The molecule has 1 aromatic rings. The second kappa shape index (κ2) is 5.37. The van der Waals surface area contributed by atoms with Crippen molar-refractivity contribution in [2.24, 2.45) is 5.73 Å². The molecule has 1 aromatic carbocycles. The van der Waals surface area contributed by atoms with Gasteiger partial charge in [0.25, 0.3) is 0 Å². The first-order valence-corrected chi connectivity index (χ1v) is 5.10. The third-order valence-corrected chi connectivity index (χ3v) is 2.35. The van der Waals surface area contributed by atoms with Crippen molar-refractivity contribution in [2.45, 2.75) is 13.0 Å². The van der Waals surface area contributed by atoms with Crippen LogP contribution in [0, 0.1) is 0 Å². The zero-order valence-electron chi connectivity index (χ0n) is 7.66. The fourth-order valence-electron chi connectivity index (χ4n) is 1.07. The minimum Gasteiger partial charge on any atom is -0.373 e. The molecule has 1 unspecified atom stereocenters. The van der Waals surface area contributed by atoms with Crippen LogP contribution in [0.4, 0.5) is 0 Å². The summed E-state index contributed by atoms with van der Waals surface area (Å²) in [6, 6.07) is 8.12. The van der Waals surface area contributed by atoms with Crippen LogP contribution in [0.25, 0.3) is 0 Å². The smallest absolute Gasteiger partial charge is 0.0797 e. The van der Waals surface area contributed by atoms with Crippen LogP contribution in [0.15, 0.2) is 28.7 Å². The molecule has 0 fully saturated rings. The molecule has 3 heteroatoms. The maximum absolute atomic E-state index is 5.48. The first-order chi connectivity index (χ1) is 6.24. The molecule has 0 heterocycles. The maximum Gasteiger partial charge on any atom is 0.0797 e. The van der Waals surface area contributed by atoms with E-state index in [4.69, 9.17) is 10.5 Å². The van der Waals surface area contributed by atoms with E-state index in [9.17, 15) is 0 Å². The summed E-state index contributed by atoms with van der Waals surface area (Å²) in [4.78, 5) is 0. The monoisotopic (exact) mass is 243 g/mol. The van der Waals surface area contributed by atoms with Crippen LogP contribution in [0.1, 0.15) is 18.6 Å². The van der Waals surface area contributed by atoms with Gasteiger partial charge in [0.15, 0.2) is 0 Å². The Bertz CT molecular complexity index is 248. The van der Waals surface area contributed by atoms with Gasteiger partial charge in [0.2, 0.25) is 0 Å². The minimum absolute atomic E-state index is 0.122. The largest absolute Gasteiger partial charge is 0.373 e. The Labute approximate surface area is 87.2 Å². The molecule has 0 amide bonds. The highest BCUT2D eigenvalue weighted by molar-refractivity contribution is 9.10. The molecular formula is C10H14BrNO. The highest BCUT2D eigenvalue weighted by atomic mass is 79.9. The van der Waals surface area contributed by atoms with E-state index in [0.29, 0.717) is 13.2 Å². The number of rotatable bonds is 4. The molecule has 72 valence electrons. The molecule has 0 aliphatic carbocycles. The first-order valence-electron chi connectivity index (χ1n) is 4.31. The predicted octanol–water partition coefficient (Wildman–Crippen LogP) is 2.49. The number of ether oxygens (including phenoxy) is 1. The lowest BCUT2D eigenvalue weighted by molar-refractivity contribution is 0.0718. The molecule has 0 saturated carbocycles. The molecule has 0 spiro atoms. The zero-order valence-corrected chi connectivity index (χ0v) is 9.25. The summed E-state index contributed by atoms with van der Waals surface area (Å²) < 4.78 is 6.56. The van der Waals surface area contributed by atoms with Gasteiger partial charge < -0.3 is 10.5 Å². The summed E-state index contributed by atoms with van der Waals surface area (Å²) in [7, 11) is 0. The topological polar surface area (TPSA) is 35.2 Å². The van der Waals surface area contributed by atoms with E-state index in [-0.39, 0.29) is 6.10 Å². The van der Waals surface area contributed by atoms with Crippen molar-refractivity contribution < 1.29 is 4.74 Å². The third kappa shape index (κ3) is 3.46.